The molecule has 49 heavy (non-hydrogen) atoms. The van der Waals surface area contributed by atoms with Crippen LogP contribution in [0.15, 0.2) is 180 Å². The zero-order valence-electron chi connectivity index (χ0n) is 27.4. The highest BCUT2D eigenvalue weighted by Gasteiger charge is 2.53. The lowest BCUT2D eigenvalue weighted by Gasteiger charge is -2.52. The fourth-order valence-corrected chi connectivity index (χ4v) is 15.6. The van der Waals surface area contributed by atoms with Crippen molar-refractivity contribution in [1.29, 1.82) is 0 Å². The molecule has 0 saturated carbocycles. The van der Waals surface area contributed by atoms with Crippen molar-refractivity contribution < 1.29 is 4.57 Å². The zero-order chi connectivity index (χ0) is 33.0. The van der Waals surface area contributed by atoms with E-state index in [-0.39, 0.29) is 0 Å². The average Bonchev–Trinajstić information content (AvgIpc) is 3.50. The maximum absolute atomic E-state index is 16.3. The monoisotopic (exact) mass is 667 g/mol. The van der Waals surface area contributed by atoms with E-state index in [4.69, 9.17) is 0 Å². The fraction of sp³-hybridized carbons (Fsp3) is 0.0667. The summed E-state index contributed by atoms with van der Waals surface area (Å²) < 4.78 is 18.8. The molecule has 1 atom stereocenters. The Bertz CT molecular complexity index is 2630. The van der Waals surface area contributed by atoms with E-state index in [2.05, 4.69) is 151 Å². The van der Waals surface area contributed by atoms with Crippen molar-refractivity contribution in [1.82, 2.24) is 4.57 Å². The minimum atomic E-state index is -3.31. The van der Waals surface area contributed by atoms with Gasteiger partial charge in [0.25, 0.3) is 0 Å². The Morgan fingerprint density at radius 3 is 1.82 bits per heavy atom. The standard InChI is InChI=1S/C45H34NOPS/c1-49(2)42-30-14-11-24-36(42)45(35-23-10-13-28-40(35)46-39-27-12-9-21-33(39)34-22-15-25-37(45)43(34)46)38-26-16-29-41(44(38)49)48(47,31-17-5-3-6-18-31)32-19-7-4-8-20-32/h3-30H,1-2H3. The van der Waals surface area contributed by atoms with Crippen LogP contribution in [0.1, 0.15) is 22.3 Å². The molecular formula is C45H34NOPS. The molecule has 0 saturated heterocycles. The van der Waals surface area contributed by atoms with Crippen LogP contribution in [-0.2, 0) is 9.98 Å². The quantitative estimate of drug-likeness (QED) is 0.172. The molecule has 0 fully saturated rings. The van der Waals surface area contributed by atoms with E-state index in [0.717, 1.165) is 15.9 Å². The van der Waals surface area contributed by atoms with Crippen LogP contribution >= 0.6 is 17.2 Å². The Morgan fingerprint density at radius 1 is 0.510 bits per heavy atom. The predicted molar refractivity (Wildman–Crippen MR) is 208 cm³/mol. The molecule has 8 aromatic rings. The molecule has 0 amide bonds. The largest absolute Gasteiger partial charge is 0.309 e. The predicted octanol–water partition coefficient (Wildman–Crippen LogP) is 9.91. The molecule has 4 heteroatoms. The van der Waals surface area contributed by atoms with E-state index in [1.54, 1.807) is 0 Å². The van der Waals surface area contributed by atoms with Crippen molar-refractivity contribution in [2.45, 2.75) is 15.2 Å². The molecule has 2 aliphatic heterocycles. The number of nitrogens with zero attached hydrogens (tertiary/aromatic N) is 1. The molecule has 1 unspecified atom stereocenters. The number of fused-ring (bicyclic) bond motifs is 11. The highest BCUT2D eigenvalue weighted by molar-refractivity contribution is 8.33. The maximum atomic E-state index is 16.3. The van der Waals surface area contributed by atoms with Crippen molar-refractivity contribution in [2.24, 2.45) is 0 Å². The first-order chi connectivity index (χ1) is 24.0. The zero-order valence-corrected chi connectivity index (χ0v) is 29.1. The summed E-state index contributed by atoms with van der Waals surface area (Å²) in [5, 5.41) is 5.20. The average molecular weight is 668 g/mol. The van der Waals surface area contributed by atoms with Gasteiger partial charge in [-0.3, -0.25) is 0 Å². The van der Waals surface area contributed by atoms with Gasteiger partial charge in [0.05, 0.1) is 22.1 Å². The van der Waals surface area contributed by atoms with Gasteiger partial charge in [-0.2, -0.15) is 10.0 Å². The summed E-state index contributed by atoms with van der Waals surface area (Å²) in [6, 6.07) is 60.7. The smallest absolute Gasteiger partial charge is 0.172 e. The van der Waals surface area contributed by atoms with Crippen molar-refractivity contribution >= 4 is 54.9 Å². The second kappa shape index (κ2) is 10.2. The number of para-hydroxylation sites is 3. The van der Waals surface area contributed by atoms with Gasteiger partial charge in [0.15, 0.2) is 7.14 Å². The molecular weight excluding hydrogens is 634 g/mol. The van der Waals surface area contributed by atoms with Crippen molar-refractivity contribution in [3.63, 3.8) is 0 Å². The Hall–Kier alpha value is -5.08. The third-order valence-electron chi connectivity index (χ3n) is 11.0. The Morgan fingerprint density at radius 2 is 1.06 bits per heavy atom. The lowest BCUT2D eigenvalue weighted by Crippen LogP contribution is -2.42. The summed E-state index contributed by atoms with van der Waals surface area (Å²) in [7, 11) is -4.97. The maximum Gasteiger partial charge on any atom is 0.172 e. The summed E-state index contributed by atoms with van der Waals surface area (Å²) in [4.78, 5) is 2.58. The topological polar surface area (TPSA) is 22.0 Å². The van der Waals surface area contributed by atoms with Crippen LogP contribution in [-0.4, -0.2) is 17.1 Å². The molecule has 236 valence electrons. The third kappa shape index (κ3) is 3.57. The van der Waals surface area contributed by atoms with Gasteiger partial charge in [0.2, 0.25) is 0 Å². The van der Waals surface area contributed by atoms with E-state index in [9.17, 15) is 0 Å². The normalized spacial score (nSPS) is 17.8. The van der Waals surface area contributed by atoms with Crippen molar-refractivity contribution in [2.75, 3.05) is 12.5 Å². The molecule has 7 aromatic carbocycles. The van der Waals surface area contributed by atoms with Crippen LogP contribution in [0, 0.1) is 0 Å². The Kier molecular flexibility index (Phi) is 6.02. The molecule has 0 radical (unpaired) electrons. The number of hydrogen-bond donors (Lipinski definition) is 0. The van der Waals surface area contributed by atoms with Gasteiger partial charge in [0, 0.05) is 31.6 Å². The molecule has 2 nitrogen and oxygen atoms in total. The minimum absolute atomic E-state index is 0.622. The number of benzene rings is 7. The van der Waals surface area contributed by atoms with E-state index in [0.29, 0.717) is 0 Å². The van der Waals surface area contributed by atoms with Gasteiger partial charge >= 0.3 is 0 Å². The van der Waals surface area contributed by atoms with E-state index >= 15 is 4.57 Å². The first-order valence-electron chi connectivity index (χ1n) is 16.8. The van der Waals surface area contributed by atoms with Crippen LogP contribution in [0.5, 0.6) is 0 Å². The van der Waals surface area contributed by atoms with E-state index in [1.807, 2.05) is 36.4 Å². The van der Waals surface area contributed by atoms with Crippen molar-refractivity contribution in [3.05, 3.63) is 192 Å². The number of aromatic nitrogens is 1. The minimum Gasteiger partial charge on any atom is -0.309 e. The lowest BCUT2D eigenvalue weighted by atomic mass is 9.63. The van der Waals surface area contributed by atoms with Crippen LogP contribution in [0.3, 0.4) is 0 Å². The molecule has 0 aliphatic carbocycles. The summed E-state index contributed by atoms with van der Waals surface area (Å²) in [5.41, 5.74) is 8.14. The summed E-state index contributed by atoms with van der Waals surface area (Å²) in [6.45, 7) is 0. The van der Waals surface area contributed by atoms with Crippen molar-refractivity contribution in [3.8, 4) is 5.69 Å². The number of rotatable bonds is 3. The van der Waals surface area contributed by atoms with Gasteiger partial charge in [-0.1, -0.05) is 146 Å². The van der Waals surface area contributed by atoms with Gasteiger partial charge in [-0.25, -0.2) is 0 Å². The van der Waals surface area contributed by atoms with Crippen LogP contribution in [0.4, 0.5) is 0 Å². The second-order valence-corrected chi connectivity index (χ2v) is 19.8. The SMILES string of the molecule is CS1(C)c2ccccc2C2(c3ccccc3-n3c4ccccc4c4cccc2c43)c2cccc(P(=O)(c3ccccc3)c3ccccc3)c21. The fourth-order valence-electron chi connectivity index (χ4n) is 9.07. The van der Waals surface area contributed by atoms with Gasteiger partial charge in [-0.15, -0.1) is 0 Å². The van der Waals surface area contributed by atoms with Crippen LogP contribution < -0.4 is 15.9 Å². The molecule has 3 heterocycles. The molecule has 1 spiro atoms. The Labute approximate surface area is 288 Å². The first kappa shape index (κ1) is 28.9. The second-order valence-electron chi connectivity index (χ2n) is 13.6. The molecule has 2 aliphatic rings. The van der Waals surface area contributed by atoms with Crippen LogP contribution in [0.25, 0.3) is 27.5 Å². The highest BCUT2D eigenvalue weighted by atomic mass is 32.3. The summed E-state index contributed by atoms with van der Waals surface area (Å²) in [6.07, 6.45) is 4.82. The van der Waals surface area contributed by atoms with Gasteiger partial charge in [0.1, 0.15) is 0 Å². The van der Waals surface area contributed by atoms with Gasteiger partial charge in [-0.05, 0) is 63.9 Å². The molecule has 0 bridgehead atoms. The van der Waals surface area contributed by atoms with E-state index in [1.165, 1.54) is 59.5 Å². The lowest BCUT2D eigenvalue weighted by molar-refractivity contribution is 0.592. The molecule has 10 rings (SSSR count). The molecule has 0 N–H and O–H groups in total. The summed E-state index contributed by atoms with van der Waals surface area (Å²) >= 11 is 0. The highest BCUT2D eigenvalue weighted by Crippen LogP contribution is 2.70. The third-order valence-corrected chi connectivity index (χ3v) is 17.1. The summed E-state index contributed by atoms with van der Waals surface area (Å²) in [5.74, 6) is 0. The Balaban J connectivity index is 1.44. The number of hydrogen-bond acceptors (Lipinski definition) is 1. The van der Waals surface area contributed by atoms with E-state index < -0.39 is 22.6 Å². The first-order valence-corrected chi connectivity index (χ1v) is 20.9. The molecule has 1 aromatic heterocycles. The van der Waals surface area contributed by atoms with Crippen LogP contribution in [0.2, 0.25) is 0 Å². The van der Waals surface area contributed by atoms with Gasteiger partial charge < -0.3 is 9.13 Å².